The molecular formula is C14H25N3O3. The topological polar surface area (TPSA) is 81.7 Å². The van der Waals surface area contributed by atoms with Gasteiger partial charge in [0.05, 0.1) is 5.41 Å². The van der Waals surface area contributed by atoms with Gasteiger partial charge in [-0.05, 0) is 38.8 Å². The molecule has 6 nitrogen and oxygen atoms in total. The van der Waals surface area contributed by atoms with Gasteiger partial charge in [0, 0.05) is 19.1 Å². The fourth-order valence-electron chi connectivity index (χ4n) is 3.24. The molecular weight excluding hydrogens is 258 g/mol. The van der Waals surface area contributed by atoms with Crippen LogP contribution in [-0.4, -0.2) is 54.2 Å². The molecule has 0 bridgehead atoms. The number of likely N-dealkylation sites (tertiary alicyclic amines) is 1. The second kappa shape index (κ2) is 6.43. The Balaban J connectivity index is 1.90. The van der Waals surface area contributed by atoms with E-state index in [-0.39, 0.29) is 12.1 Å². The van der Waals surface area contributed by atoms with E-state index >= 15 is 0 Å². The molecule has 2 heterocycles. The first-order valence-electron chi connectivity index (χ1n) is 7.57. The quantitative estimate of drug-likeness (QED) is 0.719. The fourth-order valence-corrected chi connectivity index (χ4v) is 3.24. The number of hydrogen-bond donors (Lipinski definition) is 3. The van der Waals surface area contributed by atoms with Crippen LogP contribution < -0.4 is 10.6 Å². The van der Waals surface area contributed by atoms with Crippen LogP contribution in [-0.2, 0) is 4.79 Å². The SMILES string of the molecule is CCCC1(C(=O)O)CCN(C(=O)NC2CCNCC2)C1. The zero-order chi connectivity index (χ0) is 14.6. The molecule has 0 aliphatic carbocycles. The van der Waals surface area contributed by atoms with Gasteiger partial charge in [0.25, 0.3) is 0 Å². The number of carboxylic acids is 1. The van der Waals surface area contributed by atoms with E-state index in [1.807, 2.05) is 6.92 Å². The lowest BCUT2D eigenvalue weighted by Crippen LogP contribution is -2.48. The van der Waals surface area contributed by atoms with Crippen LogP contribution in [0.2, 0.25) is 0 Å². The zero-order valence-electron chi connectivity index (χ0n) is 12.2. The lowest BCUT2D eigenvalue weighted by molar-refractivity contribution is -0.148. The molecule has 0 saturated carbocycles. The van der Waals surface area contributed by atoms with E-state index in [2.05, 4.69) is 10.6 Å². The molecule has 0 spiro atoms. The van der Waals surface area contributed by atoms with Gasteiger partial charge in [-0.2, -0.15) is 0 Å². The number of amides is 2. The third-order valence-corrected chi connectivity index (χ3v) is 4.49. The van der Waals surface area contributed by atoms with Crippen molar-refractivity contribution >= 4 is 12.0 Å². The van der Waals surface area contributed by atoms with Gasteiger partial charge in [-0.25, -0.2) is 4.79 Å². The van der Waals surface area contributed by atoms with Gasteiger partial charge in [0.1, 0.15) is 0 Å². The van der Waals surface area contributed by atoms with Crippen molar-refractivity contribution in [2.45, 2.75) is 45.1 Å². The zero-order valence-corrected chi connectivity index (χ0v) is 12.2. The predicted molar refractivity (Wildman–Crippen MR) is 75.6 cm³/mol. The Morgan fingerprint density at radius 1 is 1.40 bits per heavy atom. The third kappa shape index (κ3) is 3.23. The number of carbonyl (C=O) groups excluding carboxylic acids is 1. The first kappa shape index (κ1) is 15.1. The summed E-state index contributed by atoms with van der Waals surface area (Å²) in [5.41, 5.74) is -0.736. The van der Waals surface area contributed by atoms with E-state index in [1.54, 1.807) is 4.90 Å². The molecule has 1 atom stereocenters. The smallest absolute Gasteiger partial charge is 0.317 e. The minimum absolute atomic E-state index is 0.101. The van der Waals surface area contributed by atoms with Crippen LogP contribution in [0.3, 0.4) is 0 Å². The summed E-state index contributed by atoms with van der Waals surface area (Å²) in [7, 11) is 0. The summed E-state index contributed by atoms with van der Waals surface area (Å²) in [6.45, 7) is 4.73. The van der Waals surface area contributed by atoms with Crippen molar-refractivity contribution in [2.75, 3.05) is 26.2 Å². The van der Waals surface area contributed by atoms with Crippen molar-refractivity contribution < 1.29 is 14.7 Å². The third-order valence-electron chi connectivity index (χ3n) is 4.49. The Bertz CT molecular complexity index is 369. The first-order valence-corrected chi connectivity index (χ1v) is 7.57. The number of piperidine rings is 1. The second-order valence-electron chi connectivity index (χ2n) is 5.98. The fraction of sp³-hybridized carbons (Fsp3) is 0.857. The van der Waals surface area contributed by atoms with E-state index in [0.717, 1.165) is 32.4 Å². The van der Waals surface area contributed by atoms with Gasteiger partial charge in [0.15, 0.2) is 0 Å². The van der Waals surface area contributed by atoms with Crippen LogP contribution >= 0.6 is 0 Å². The normalized spacial score (nSPS) is 27.6. The minimum Gasteiger partial charge on any atom is -0.481 e. The standard InChI is InChI=1S/C14H25N3O3/c1-2-5-14(12(18)19)6-9-17(10-14)13(20)16-11-3-7-15-8-4-11/h11,15H,2-10H2,1H3,(H,16,20)(H,18,19). The molecule has 2 aliphatic heterocycles. The highest BCUT2D eigenvalue weighted by molar-refractivity contribution is 5.79. The van der Waals surface area contributed by atoms with E-state index in [1.165, 1.54) is 0 Å². The van der Waals surface area contributed by atoms with Crippen molar-refractivity contribution in [3.8, 4) is 0 Å². The van der Waals surface area contributed by atoms with Gasteiger partial charge in [-0.1, -0.05) is 13.3 Å². The van der Waals surface area contributed by atoms with E-state index in [9.17, 15) is 14.7 Å². The molecule has 20 heavy (non-hydrogen) atoms. The molecule has 6 heteroatoms. The maximum absolute atomic E-state index is 12.2. The summed E-state index contributed by atoms with van der Waals surface area (Å²) in [5.74, 6) is -0.767. The number of hydrogen-bond acceptors (Lipinski definition) is 3. The van der Waals surface area contributed by atoms with Crippen LogP contribution in [0.1, 0.15) is 39.0 Å². The summed E-state index contributed by atoms with van der Waals surface area (Å²) in [4.78, 5) is 25.4. The summed E-state index contributed by atoms with van der Waals surface area (Å²) in [5, 5.41) is 15.7. The van der Waals surface area contributed by atoms with Crippen molar-refractivity contribution in [2.24, 2.45) is 5.41 Å². The Morgan fingerprint density at radius 2 is 2.10 bits per heavy atom. The Hall–Kier alpha value is -1.30. The molecule has 2 aliphatic rings. The van der Waals surface area contributed by atoms with Gasteiger partial charge >= 0.3 is 12.0 Å². The molecule has 2 saturated heterocycles. The molecule has 2 amide bonds. The van der Waals surface area contributed by atoms with Crippen molar-refractivity contribution in [3.05, 3.63) is 0 Å². The van der Waals surface area contributed by atoms with Crippen molar-refractivity contribution in [1.29, 1.82) is 0 Å². The van der Waals surface area contributed by atoms with E-state index in [4.69, 9.17) is 0 Å². The van der Waals surface area contributed by atoms with Crippen LogP contribution in [0.5, 0.6) is 0 Å². The minimum atomic E-state index is -0.767. The number of urea groups is 1. The molecule has 0 aromatic rings. The molecule has 114 valence electrons. The Morgan fingerprint density at radius 3 is 2.70 bits per heavy atom. The van der Waals surface area contributed by atoms with Crippen molar-refractivity contribution in [3.63, 3.8) is 0 Å². The van der Waals surface area contributed by atoms with Crippen LogP contribution in [0.25, 0.3) is 0 Å². The summed E-state index contributed by atoms with van der Waals surface area (Å²) >= 11 is 0. The van der Waals surface area contributed by atoms with Gasteiger partial charge in [-0.3, -0.25) is 4.79 Å². The van der Waals surface area contributed by atoms with Gasteiger partial charge in [-0.15, -0.1) is 0 Å². The lowest BCUT2D eigenvalue weighted by Gasteiger charge is -2.28. The molecule has 0 radical (unpaired) electrons. The first-order chi connectivity index (χ1) is 9.57. The maximum Gasteiger partial charge on any atom is 0.317 e. The number of nitrogens with one attached hydrogen (secondary N) is 2. The highest BCUT2D eigenvalue weighted by Crippen LogP contribution is 2.35. The Labute approximate surface area is 119 Å². The summed E-state index contributed by atoms with van der Waals surface area (Å²) in [6, 6.07) is 0.117. The molecule has 2 rings (SSSR count). The monoisotopic (exact) mass is 283 g/mol. The summed E-state index contributed by atoms with van der Waals surface area (Å²) in [6.07, 6.45) is 3.92. The maximum atomic E-state index is 12.2. The van der Waals surface area contributed by atoms with Crippen LogP contribution in [0.15, 0.2) is 0 Å². The molecule has 3 N–H and O–H groups in total. The van der Waals surface area contributed by atoms with Crippen LogP contribution in [0.4, 0.5) is 4.79 Å². The van der Waals surface area contributed by atoms with E-state index < -0.39 is 11.4 Å². The number of aliphatic carboxylic acids is 1. The average Bonchev–Trinajstić information content (AvgIpc) is 2.86. The van der Waals surface area contributed by atoms with Crippen molar-refractivity contribution in [1.82, 2.24) is 15.5 Å². The second-order valence-corrected chi connectivity index (χ2v) is 5.98. The predicted octanol–water partition coefficient (Wildman–Crippen LogP) is 1.02. The Kier molecular flexibility index (Phi) is 4.86. The molecule has 0 aromatic carbocycles. The summed E-state index contributed by atoms with van der Waals surface area (Å²) < 4.78 is 0. The number of rotatable bonds is 4. The van der Waals surface area contributed by atoms with Gasteiger partial charge in [0.2, 0.25) is 0 Å². The molecule has 1 unspecified atom stereocenters. The van der Waals surface area contributed by atoms with E-state index in [0.29, 0.717) is 25.9 Å². The largest absolute Gasteiger partial charge is 0.481 e. The molecule has 2 fully saturated rings. The highest BCUT2D eigenvalue weighted by atomic mass is 16.4. The van der Waals surface area contributed by atoms with Crippen LogP contribution in [0, 0.1) is 5.41 Å². The number of carboxylic acid groups (broad SMARTS) is 1. The number of nitrogens with zero attached hydrogens (tertiary/aromatic N) is 1. The average molecular weight is 283 g/mol. The molecule has 0 aromatic heterocycles. The number of carbonyl (C=O) groups is 2. The van der Waals surface area contributed by atoms with Gasteiger partial charge < -0.3 is 20.6 Å². The highest BCUT2D eigenvalue weighted by Gasteiger charge is 2.45. The lowest BCUT2D eigenvalue weighted by atomic mass is 9.83.